The Hall–Kier alpha value is -2.05. The molecule has 1 radical (unpaired) electrons. The van der Waals surface area contributed by atoms with Crippen molar-refractivity contribution in [2.45, 2.75) is 67.1 Å². The summed E-state index contributed by atoms with van der Waals surface area (Å²) in [6.07, 6.45) is 1.20. The van der Waals surface area contributed by atoms with Crippen LogP contribution in [-0.2, 0) is 20.1 Å². The molecule has 4 nitrogen and oxygen atoms in total. The summed E-state index contributed by atoms with van der Waals surface area (Å²) in [6.45, 7) is 13.7. The Morgan fingerprint density at radius 2 is 1.34 bits per heavy atom. The fourth-order valence-corrected chi connectivity index (χ4v) is 2.96. The van der Waals surface area contributed by atoms with Crippen molar-refractivity contribution in [3.8, 4) is 22.5 Å². The molecule has 2 atom stereocenters. The molecular formula is C28H35F2IrN2O2-. The molecular weight excluding hydrogens is 627 g/mol. The van der Waals surface area contributed by atoms with Crippen molar-refractivity contribution in [3.63, 3.8) is 0 Å². The number of hydrogen-bond donors (Lipinski definition) is 2. The molecule has 0 saturated heterocycles. The Balaban J connectivity index is 0.000000383. The van der Waals surface area contributed by atoms with E-state index in [1.165, 1.54) is 24.3 Å². The van der Waals surface area contributed by atoms with Crippen molar-refractivity contribution < 1.29 is 39.1 Å². The first-order valence-corrected chi connectivity index (χ1v) is 11.3. The summed E-state index contributed by atoms with van der Waals surface area (Å²) in [6, 6.07) is 13.1. The van der Waals surface area contributed by atoms with Crippen molar-refractivity contribution in [1.29, 1.82) is 0 Å². The average molecular weight is 662 g/mol. The summed E-state index contributed by atoms with van der Waals surface area (Å²) in [4.78, 5) is 8.84. The van der Waals surface area contributed by atoms with E-state index in [0.717, 1.165) is 11.3 Å². The van der Waals surface area contributed by atoms with Crippen LogP contribution in [0.15, 0.2) is 48.7 Å². The Kier molecular flexibility index (Phi) is 11.3. The van der Waals surface area contributed by atoms with Gasteiger partial charge in [0.2, 0.25) is 0 Å². The molecule has 7 heteroatoms. The van der Waals surface area contributed by atoms with Crippen LogP contribution in [0.4, 0.5) is 8.78 Å². The molecule has 0 aliphatic heterocycles. The molecule has 0 saturated carbocycles. The minimum atomic E-state index is -0.443. The van der Waals surface area contributed by atoms with Crippen molar-refractivity contribution in [2.24, 2.45) is 10.8 Å². The third kappa shape index (κ3) is 9.49. The summed E-state index contributed by atoms with van der Waals surface area (Å²) in [5.74, 6) is -0.670. The largest absolute Gasteiger partial charge is 0.392 e. The van der Waals surface area contributed by atoms with E-state index in [-0.39, 0.29) is 42.6 Å². The summed E-state index contributed by atoms with van der Waals surface area (Å²) in [5.41, 5.74) is 3.06. The van der Waals surface area contributed by atoms with E-state index in [4.69, 9.17) is 0 Å². The summed E-state index contributed by atoms with van der Waals surface area (Å²) < 4.78 is 26.1. The fraction of sp³-hybridized carbons (Fsp3) is 0.429. The van der Waals surface area contributed by atoms with Crippen LogP contribution in [0.25, 0.3) is 22.5 Å². The van der Waals surface area contributed by atoms with Crippen molar-refractivity contribution in [3.05, 3.63) is 72.1 Å². The molecule has 1 aromatic heterocycles. The number of halogens is 2. The van der Waals surface area contributed by atoms with E-state index in [1.54, 1.807) is 24.4 Å². The van der Waals surface area contributed by atoms with Crippen LogP contribution in [0, 0.1) is 35.5 Å². The molecule has 0 amide bonds. The molecule has 35 heavy (non-hydrogen) atoms. The van der Waals surface area contributed by atoms with E-state index >= 15 is 0 Å². The van der Waals surface area contributed by atoms with E-state index in [2.05, 4.69) is 16.0 Å². The van der Waals surface area contributed by atoms with Crippen LogP contribution in [0.1, 0.15) is 53.7 Å². The van der Waals surface area contributed by atoms with Gasteiger partial charge in [0.25, 0.3) is 0 Å². The van der Waals surface area contributed by atoms with Crippen LogP contribution in [-0.4, -0.2) is 32.4 Å². The maximum absolute atomic E-state index is 13.1. The Morgan fingerprint density at radius 3 is 1.80 bits per heavy atom. The van der Waals surface area contributed by atoms with Gasteiger partial charge in [0.05, 0.1) is 23.6 Å². The van der Waals surface area contributed by atoms with Gasteiger partial charge in [0, 0.05) is 44.2 Å². The second-order valence-electron chi connectivity index (χ2n) is 10.6. The van der Waals surface area contributed by atoms with E-state index in [9.17, 15) is 19.0 Å². The van der Waals surface area contributed by atoms with Gasteiger partial charge in [-0.1, -0.05) is 53.7 Å². The van der Waals surface area contributed by atoms with Gasteiger partial charge >= 0.3 is 0 Å². The van der Waals surface area contributed by atoms with E-state index < -0.39 is 12.2 Å². The molecule has 0 fully saturated rings. The van der Waals surface area contributed by atoms with Gasteiger partial charge in [-0.05, 0) is 35.4 Å². The molecule has 3 rings (SSSR count). The summed E-state index contributed by atoms with van der Waals surface area (Å²) in [5, 5.41) is 19.5. The Bertz CT molecular complexity index is 1040. The quantitative estimate of drug-likeness (QED) is 0.319. The van der Waals surface area contributed by atoms with Gasteiger partial charge in [0.1, 0.15) is 5.82 Å². The number of aliphatic hydroxyl groups is 2. The van der Waals surface area contributed by atoms with Crippen LogP contribution in [0.2, 0.25) is 0 Å². The first kappa shape index (κ1) is 31.0. The number of aryl methyl sites for hydroxylation is 1. The molecule has 193 valence electrons. The first-order chi connectivity index (χ1) is 15.7. The van der Waals surface area contributed by atoms with Gasteiger partial charge in [0.15, 0.2) is 0 Å². The smallest absolute Gasteiger partial charge is 0.123 e. The minimum absolute atomic E-state index is 0. The minimum Gasteiger partial charge on any atom is -0.392 e. The zero-order chi connectivity index (χ0) is 25.7. The second-order valence-corrected chi connectivity index (χ2v) is 10.6. The van der Waals surface area contributed by atoms with Gasteiger partial charge < -0.3 is 15.2 Å². The maximum Gasteiger partial charge on any atom is 0.123 e. The molecule has 0 aliphatic rings. The maximum atomic E-state index is 13.1. The van der Waals surface area contributed by atoms with Crippen LogP contribution < -0.4 is 0 Å². The monoisotopic (exact) mass is 662 g/mol. The summed E-state index contributed by atoms with van der Waals surface area (Å²) >= 11 is 0. The number of aromatic nitrogens is 2. The number of nitrogens with zero attached hydrogens (tertiary/aromatic N) is 2. The third-order valence-electron chi connectivity index (χ3n) is 5.49. The molecule has 2 aromatic carbocycles. The molecule has 2 unspecified atom stereocenters. The SMILES string of the molecule is CC(C)(C)C(O)CC(O)C(C)(C)C.Cc1cnc(-c2[c-]cc(F)cc2)c(-c2ccc(F)cc2)n1.[Ir]. The van der Waals surface area contributed by atoms with Crippen LogP contribution in [0.3, 0.4) is 0 Å². The average Bonchev–Trinajstić information content (AvgIpc) is 2.74. The predicted octanol–water partition coefficient (Wildman–Crippen LogP) is 6.39. The van der Waals surface area contributed by atoms with Gasteiger partial charge in [-0.15, -0.1) is 29.8 Å². The third-order valence-corrected chi connectivity index (χ3v) is 5.49. The van der Waals surface area contributed by atoms with Crippen LogP contribution >= 0.6 is 0 Å². The Labute approximate surface area is 221 Å². The number of hydrogen-bond acceptors (Lipinski definition) is 4. The molecule has 1 heterocycles. The number of aliphatic hydroxyl groups excluding tert-OH is 2. The Morgan fingerprint density at radius 1 is 0.829 bits per heavy atom. The van der Waals surface area contributed by atoms with Gasteiger partial charge in [-0.2, -0.15) is 0 Å². The normalized spacial score (nSPS) is 13.2. The summed E-state index contributed by atoms with van der Waals surface area (Å²) in [7, 11) is 0. The standard InChI is InChI=1S/C17H11F2N2.C11H24O2.Ir/c1-11-10-20-16(12-2-6-14(18)7-3-12)17(21-11)13-4-8-15(19)9-5-13;1-10(2,3)8(12)7-9(13)11(4,5)6;/h2,4-10H,1H3;8-9,12-13H,7H2,1-6H3;/q-1;;. The second kappa shape index (κ2) is 12.8. The molecule has 0 spiro atoms. The van der Waals surface area contributed by atoms with Crippen molar-refractivity contribution in [2.75, 3.05) is 0 Å². The topological polar surface area (TPSA) is 66.2 Å². The van der Waals surface area contributed by atoms with E-state index in [1.807, 2.05) is 48.5 Å². The number of benzene rings is 2. The molecule has 0 bridgehead atoms. The molecule has 0 aliphatic carbocycles. The zero-order valence-corrected chi connectivity index (χ0v) is 23.8. The number of rotatable bonds is 4. The van der Waals surface area contributed by atoms with Gasteiger partial charge in [-0.3, -0.25) is 9.37 Å². The predicted molar refractivity (Wildman–Crippen MR) is 132 cm³/mol. The zero-order valence-electron chi connectivity index (χ0n) is 21.4. The molecule has 2 N–H and O–H groups in total. The molecule has 3 aromatic rings. The first-order valence-electron chi connectivity index (χ1n) is 11.3. The van der Waals surface area contributed by atoms with Gasteiger partial charge in [-0.25, -0.2) is 4.39 Å². The van der Waals surface area contributed by atoms with Crippen molar-refractivity contribution >= 4 is 0 Å². The fourth-order valence-electron chi connectivity index (χ4n) is 2.96. The van der Waals surface area contributed by atoms with Crippen molar-refractivity contribution in [1.82, 2.24) is 9.97 Å². The van der Waals surface area contributed by atoms with E-state index in [0.29, 0.717) is 23.4 Å². The van der Waals surface area contributed by atoms with Crippen LogP contribution in [0.5, 0.6) is 0 Å².